The third-order valence-corrected chi connectivity index (χ3v) is 1.94. The number of hydrogen-bond acceptors (Lipinski definition) is 3. The van der Waals surface area contributed by atoms with Crippen LogP contribution in [-0.4, -0.2) is 36.9 Å². The molecule has 0 spiro atoms. The van der Waals surface area contributed by atoms with E-state index in [9.17, 15) is 4.79 Å². The van der Waals surface area contributed by atoms with E-state index in [1.807, 2.05) is 13.8 Å². The Morgan fingerprint density at radius 3 is 2.79 bits per heavy atom. The molecule has 0 aromatic rings. The minimum absolute atomic E-state index is 0.104. The van der Waals surface area contributed by atoms with Crippen LogP contribution in [0, 0.1) is 0 Å². The van der Waals surface area contributed by atoms with Crippen LogP contribution in [0.5, 0.6) is 0 Å². The minimum atomic E-state index is -0.797. The lowest BCUT2D eigenvalue weighted by molar-refractivity contribution is -0.138. The van der Waals surface area contributed by atoms with Crippen molar-refractivity contribution in [2.24, 2.45) is 0 Å². The van der Waals surface area contributed by atoms with Crippen molar-refractivity contribution in [3.8, 4) is 0 Å². The summed E-state index contributed by atoms with van der Waals surface area (Å²) in [5, 5.41) is 11.6. The molecule has 0 aromatic carbocycles. The molecule has 0 aliphatic carbocycles. The lowest BCUT2D eigenvalue weighted by Crippen LogP contribution is -2.27. The van der Waals surface area contributed by atoms with Gasteiger partial charge in [-0.3, -0.25) is 4.79 Å². The molecule has 0 bridgehead atoms. The maximum atomic E-state index is 10.1. The summed E-state index contributed by atoms with van der Waals surface area (Å²) in [6, 6.07) is 0.443. The van der Waals surface area contributed by atoms with Gasteiger partial charge in [0, 0.05) is 6.04 Å². The Morgan fingerprint density at radius 2 is 2.29 bits per heavy atom. The number of ether oxygens (including phenoxy) is 1. The summed E-state index contributed by atoms with van der Waals surface area (Å²) in [4.78, 5) is 10.1. The summed E-state index contributed by atoms with van der Waals surface area (Å²) in [5.74, 6) is -0.797. The van der Waals surface area contributed by atoms with Crippen molar-refractivity contribution in [1.29, 1.82) is 0 Å². The van der Waals surface area contributed by atoms with Crippen molar-refractivity contribution in [3.63, 3.8) is 0 Å². The first-order chi connectivity index (χ1) is 6.79. The van der Waals surface area contributed by atoms with Crippen LogP contribution in [-0.2, 0) is 9.53 Å². The van der Waals surface area contributed by atoms with E-state index >= 15 is 0 Å². The summed E-state index contributed by atoms with van der Waals surface area (Å²) < 4.78 is 5.19. The standard InChI is InChI=1S/C8H15NO3.C2H6/c10-8(11)3-5-12-6-7-2-1-4-9-7;1-2/h7,9H,1-6H2,(H,10,11);1-2H3/t7-;/m0./s1. The van der Waals surface area contributed by atoms with E-state index < -0.39 is 5.97 Å². The Labute approximate surface area is 85.6 Å². The van der Waals surface area contributed by atoms with E-state index in [0.29, 0.717) is 19.3 Å². The molecule has 0 radical (unpaired) electrons. The van der Waals surface area contributed by atoms with Crippen LogP contribution in [0.3, 0.4) is 0 Å². The number of carbonyl (C=O) groups is 1. The predicted octanol–water partition coefficient (Wildman–Crippen LogP) is 1.26. The van der Waals surface area contributed by atoms with E-state index in [0.717, 1.165) is 13.0 Å². The largest absolute Gasteiger partial charge is 0.481 e. The molecule has 1 atom stereocenters. The first kappa shape index (κ1) is 13.4. The lowest BCUT2D eigenvalue weighted by Gasteiger charge is -2.09. The summed E-state index contributed by atoms with van der Waals surface area (Å²) in [6.45, 7) is 6.04. The SMILES string of the molecule is CC.O=C(O)CCOC[C@@H]1CCCN1. The van der Waals surface area contributed by atoms with E-state index in [2.05, 4.69) is 5.32 Å². The quantitative estimate of drug-likeness (QED) is 0.660. The normalized spacial score (nSPS) is 20.0. The fourth-order valence-corrected chi connectivity index (χ4v) is 1.28. The Balaban J connectivity index is 0.000000791. The second-order valence-corrected chi connectivity index (χ2v) is 3.01. The molecule has 84 valence electrons. The van der Waals surface area contributed by atoms with Crippen molar-refractivity contribution in [1.82, 2.24) is 5.32 Å². The highest BCUT2D eigenvalue weighted by atomic mass is 16.5. The molecule has 1 aliphatic rings. The summed E-state index contributed by atoms with van der Waals surface area (Å²) in [6.07, 6.45) is 2.45. The molecule has 0 amide bonds. The highest BCUT2D eigenvalue weighted by molar-refractivity contribution is 5.66. The van der Waals surface area contributed by atoms with Crippen LogP contribution >= 0.6 is 0 Å². The van der Waals surface area contributed by atoms with Crippen molar-refractivity contribution in [2.45, 2.75) is 39.2 Å². The smallest absolute Gasteiger partial charge is 0.305 e. The fraction of sp³-hybridized carbons (Fsp3) is 0.900. The molecule has 4 heteroatoms. The molecular formula is C10H21NO3. The summed E-state index contributed by atoms with van der Waals surface area (Å²) in [5.41, 5.74) is 0. The Kier molecular flexibility index (Phi) is 8.57. The number of carboxylic acid groups (broad SMARTS) is 1. The van der Waals surface area contributed by atoms with Crippen LogP contribution in [0.2, 0.25) is 0 Å². The average molecular weight is 203 g/mol. The molecule has 1 rings (SSSR count). The van der Waals surface area contributed by atoms with Crippen LogP contribution in [0.4, 0.5) is 0 Å². The van der Waals surface area contributed by atoms with Crippen LogP contribution in [0.15, 0.2) is 0 Å². The monoisotopic (exact) mass is 203 g/mol. The van der Waals surface area contributed by atoms with Gasteiger partial charge in [0.25, 0.3) is 0 Å². The number of hydrogen-bond donors (Lipinski definition) is 2. The van der Waals surface area contributed by atoms with Gasteiger partial charge in [-0.25, -0.2) is 0 Å². The van der Waals surface area contributed by atoms with E-state index in [-0.39, 0.29) is 6.42 Å². The van der Waals surface area contributed by atoms with Crippen molar-refractivity contribution < 1.29 is 14.6 Å². The van der Waals surface area contributed by atoms with Crippen molar-refractivity contribution in [2.75, 3.05) is 19.8 Å². The van der Waals surface area contributed by atoms with Gasteiger partial charge < -0.3 is 15.2 Å². The molecule has 2 N–H and O–H groups in total. The van der Waals surface area contributed by atoms with Gasteiger partial charge in [0.1, 0.15) is 0 Å². The lowest BCUT2D eigenvalue weighted by atomic mass is 10.2. The van der Waals surface area contributed by atoms with Gasteiger partial charge in [0.2, 0.25) is 0 Å². The molecule has 0 saturated carbocycles. The van der Waals surface area contributed by atoms with Crippen molar-refractivity contribution in [3.05, 3.63) is 0 Å². The molecular weight excluding hydrogens is 182 g/mol. The third kappa shape index (κ3) is 6.86. The van der Waals surface area contributed by atoms with E-state index in [1.54, 1.807) is 0 Å². The molecule has 0 unspecified atom stereocenters. The van der Waals surface area contributed by atoms with E-state index in [4.69, 9.17) is 9.84 Å². The summed E-state index contributed by atoms with van der Waals surface area (Å²) >= 11 is 0. The van der Waals surface area contributed by atoms with E-state index in [1.165, 1.54) is 6.42 Å². The molecule has 1 saturated heterocycles. The molecule has 1 aliphatic heterocycles. The maximum Gasteiger partial charge on any atom is 0.305 e. The summed E-state index contributed by atoms with van der Waals surface area (Å²) in [7, 11) is 0. The van der Waals surface area contributed by atoms with Gasteiger partial charge in [0.05, 0.1) is 19.6 Å². The van der Waals surface area contributed by atoms with Crippen LogP contribution in [0.25, 0.3) is 0 Å². The number of rotatable bonds is 5. The minimum Gasteiger partial charge on any atom is -0.481 e. The molecule has 0 aromatic heterocycles. The van der Waals surface area contributed by atoms with Gasteiger partial charge in [-0.2, -0.15) is 0 Å². The Bertz CT molecular complexity index is 144. The van der Waals surface area contributed by atoms with Gasteiger partial charge >= 0.3 is 5.97 Å². The van der Waals surface area contributed by atoms with Gasteiger partial charge in [-0.15, -0.1) is 0 Å². The first-order valence-electron chi connectivity index (χ1n) is 5.32. The predicted molar refractivity (Wildman–Crippen MR) is 55.4 cm³/mol. The highest BCUT2D eigenvalue weighted by Crippen LogP contribution is 2.04. The first-order valence-corrected chi connectivity index (χ1v) is 5.32. The van der Waals surface area contributed by atoms with Gasteiger partial charge in [-0.05, 0) is 19.4 Å². The Morgan fingerprint density at radius 1 is 1.57 bits per heavy atom. The maximum absolute atomic E-state index is 10.1. The zero-order valence-electron chi connectivity index (χ0n) is 9.08. The van der Waals surface area contributed by atoms with Crippen LogP contribution < -0.4 is 5.32 Å². The zero-order valence-corrected chi connectivity index (χ0v) is 9.08. The Hall–Kier alpha value is -0.610. The van der Waals surface area contributed by atoms with Gasteiger partial charge in [-0.1, -0.05) is 13.8 Å². The van der Waals surface area contributed by atoms with Crippen LogP contribution in [0.1, 0.15) is 33.1 Å². The number of carboxylic acids is 1. The fourth-order valence-electron chi connectivity index (χ4n) is 1.28. The zero-order chi connectivity index (χ0) is 10.8. The number of aliphatic carboxylic acids is 1. The second-order valence-electron chi connectivity index (χ2n) is 3.01. The molecule has 4 nitrogen and oxygen atoms in total. The number of nitrogens with one attached hydrogen (secondary N) is 1. The molecule has 14 heavy (non-hydrogen) atoms. The topological polar surface area (TPSA) is 58.6 Å². The second kappa shape index (κ2) is 8.97. The van der Waals surface area contributed by atoms with Gasteiger partial charge in [0.15, 0.2) is 0 Å². The molecule has 1 heterocycles. The highest BCUT2D eigenvalue weighted by Gasteiger charge is 2.13. The van der Waals surface area contributed by atoms with Crippen molar-refractivity contribution >= 4 is 5.97 Å². The molecule has 1 fully saturated rings. The average Bonchev–Trinajstić information content (AvgIpc) is 2.68. The third-order valence-electron chi connectivity index (χ3n) is 1.94.